The number of nitrogens with one attached hydrogen (secondary N) is 2. The standard InChI is InChI=1S/C58H69FN10O5/c1-4-36-6-5-7-37-24-41(70)26-42(48(36)37)50-49(59)51-43(29-60-50)52(68-31-38-8-9-39(32-68)61-38)64-55(63-51)74-34-58(14-15-58)33-66-18-16-57(17-19-66)27-35(28-57)30-65-20-22-67(23-21-65)40-10-11-45-44(25-40)56(2,3)54(73)69(45)46-12-13-47(71)62-53(46)72/h5-7,10-11,24-26,29,35,38-39,46,61,70H,4,8-9,12-23,27-28,30-34H2,1-3H3,(H,62,71,72). The molecule has 3 unspecified atom stereocenters. The average Bonchev–Trinajstić information content (AvgIpc) is 4.03. The number of aryl methyl sites for hydroxylation is 1. The number of anilines is 3. The van der Waals surface area contributed by atoms with Crippen LogP contribution in [0.15, 0.2) is 54.7 Å². The predicted octanol–water partition coefficient (Wildman–Crippen LogP) is 7.10. The fourth-order valence-electron chi connectivity index (χ4n) is 14.3. The maximum Gasteiger partial charge on any atom is 0.319 e. The molecule has 2 aromatic heterocycles. The summed E-state index contributed by atoms with van der Waals surface area (Å²) < 4.78 is 23.8. The molecule has 3 atom stereocenters. The summed E-state index contributed by atoms with van der Waals surface area (Å²) in [6.07, 6.45) is 12.5. The third-order valence-electron chi connectivity index (χ3n) is 18.7. The molecule has 8 aliphatic rings. The van der Waals surface area contributed by atoms with Crippen LogP contribution in [0.5, 0.6) is 11.8 Å². The number of likely N-dealkylation sites (tertiary alicyclic amines) is 1. The number of amides is 3. The lowest BCUT2D eigenvalue weighted by atomic mass is 9.57. The number of imide groups is 1. The first kappa shape index (κ1) is 47.7. The zero-order chi connectivity index (χ0) is 50.7. The van der Waals surface area contributed by atoms with Gasteiger partial charge in [-0.05, 0) is 155 Å². The van der Waals surface area contributed by atoms with Crippen molar-refractivity contribution in [1.29, 1.82) is 0 Å². The number of benzene rings is 3. The molecule has 5 aromatic rings. The number of aromatic nitrogens is 3. The molecule has 8 heterocycles. The smallest absolute Gasteiger partial charge is 0.319 e. The number of hydrogen-bond acceptors (Lipinski definition) is 13. The first-order valence-corrected chi connectivity index (χ1v) is 27.5. The van der Waals surface area contributed by atoms with Gasteiger partial charge in [-0.1, -0.05) is 25.1 Å². The number of piperazine rings is 2. The molecule has 0 radical (unpaired) electrons. The minimum absolute atomic E-state index is 0.0317. The van der Waals surface area contributed by atoms with Crippen LogP contribution in [0.3, 0.4) is 0 Å². The van der Waals surface area contributed by atoms with Crippen LogP contribution in [-0.4, -0.2) is 138 Å². The third kappa shape index (κ3) is 8.43. The Labute approximate surface area is 432 Å². The van der Waals surface area contributed by atoms with E-state index in [1.807, 2.05) is 38.1 Å². The van der Waals surface area contributed by atoms with Crippen LogP contribution in [0.25, 0.3) is 32.9 Å². The summed E-state index contributed by atoms with van der Waals surface area (Å²) in [5.74, 6) is 0.162. The summed E-state index contributed by atoms with van der Waals surface area (Å²) in [6, 6.07) is 15.8. The predicted molar refractivity (Wildman–Crippen MR) is 283 cm³/mol. The van der Waals surface area contributed by atoms with E-state index in [2.05, 4.69) is 49.3 Å². The molecule has 16 heteroatoms. The Balaban J connectivity index is 0.627. The lowest BCUT2D eigenvalue weighted by Gasteiger charge is -2.54. The Morgan fingerprint density at radius 1 is 0.865 bits per heavy atom. The number of piperidine rings is 2. The van der Waals surface area contributed by atoms with Gasteiger partial charge in [0, 0.05) is 99.4 Å². The molecule has 388 valence electrons. The van der Waals surface area contributed by atoms with Crippen molar-refractivity contribution in [3.63, 3.8) is 0 Å². The molecule has 5 saturated heterocycles. The number of nitrogens with zero attached hydrogens (tertiary/aromatic N) is 8. The van der Waals surface area contributed by atoms with E-state index < -0.39 is 23.2 Å². The second-order valence-electron chi connectivity index (χ2n) is 24.0. The van der Waals surface area contributed by atoms with Crippen molar-refractivity contribution >= 4 is 56.6 Å². The van der Waals surface area contributed by atoms with Gasteiger partial charge in [0.25, 0.3) is 0 Å². The number of phenolic OH excluding ortho intramolecular Hbond substituents is 1. The molecular weight excluding hydrogens is 936 g/mol. The highest BCUT2D eigenvalue weighted by atomic mass is 19.1. The van der Waals surface area contributed by atoms with Crippen LogP contribution in [0, 0.1) is 22.6 Å². The van der Waals surface area contributed by atoms with E-state index in [1.54, 1.807) is 23.2 Å². The number of pyridine rings is 1. The van der Waals surface area contributed by atoms with E-state index in [0.717, 1.165) is 137 Å². The fraction of sp³-hybridized carbons (Fsp3) is 0.552. The van der Waals surface area contributed by atoms with Gasteiger partial charge in [-0.3, -0.25) is 34.5 Å². The molecule has 2 aliphatic carbocycles. The Morgan fingerprint density at radius 2 is 1.64 bits per heavy atom. The summed E-state index contributed by atoms with van der Waals surface area (Å²) in [6.45, 7) is 16.2. The maximum absolute atomic E-state index is 17.2. The van der Waals surface area contributed by atoms with Gasteiger partial charge in [-0.2, -0.15) is 9.97 Å². The zero-order valence-electron chi connectivity index (χ0n) is 43.1. The first-order valence-electron chi connectivity index (χ1n) is 27.5. The number of hydrogen-bond donors (Lipinski definition) is 3. The molecule has 74 heavy (non-hydrogen) atoms. The molecule has 3 N–H and O–H groups in total. The normalized spacial score (nSPS) is 25.5. The van der Waals surface area contributed by atoms with E-state index in [-0.39, 0.29) is 46.6 Å². The quantitative estimate of drug-likeness (QED) is 0.109. The van der Waals surface area contributed by atoms with Crippen LogP contribution in [0.4, 0.5) is 21.6 Å². The topological polar surface area (TPSA) is 160 Å². The minimum atomic E-state index is -0.761. The minimum Gasteiger partial charge on any atom is -0.508 e. The molecular formula is C58H69FN10O5. The third-order valence-corrected chi connectivity index (χ3v) is 18.7. The highest BCUT2D eigenvalue weighted by Crippen LogP contribution is 2.54. The van der Waals surface area contributed by atoms with Gasteiger partial charge in [0.1, 0.15) is 28.8 Å². The summed E-state index contributed by atoms with van der Waals surface area (Å²) in [5.41, 5.74) is 4.52. The number of rotatable bonds is 12. The van der Waals surface area contributed by atoms with Crippen molar-refractivity contribution in [3.05, 3.63) is 71.7 Å². The van der Waals surface area contributed by atoms with Gasteiger partial charge in [0.05, 0.1) is 17.4 Å². The van der Waals surface area contributed by atoms with Crippen molar-refractivity contribution < 1.29 is 28.6 Å². The number of carbonyl (C=O) groups is 3. The molecule has 2 bridgehead atoms. The fourth-order valence-corrected chi connectivity index (χ4v) is 14.3. The summed E-state index contributed by atoms with van der Waals surface area (Å²) in [4.78, 5) is 64.6. The highest BCUT2D eigenvalue weighted by Gasteiger charge is 2.51. The SMILES string of the molecule is CCc1cccc2cc(O)cc(-c3ncc4c(N5CC6CCC(C5)N6)nc(OCC5(CN6CCC7(CC6)CC(CN6CCN(c8ccc9c(c8)C(C)(C)C(=O)N9C8CCC(=O)NC8=O)CC6)C7)CC5)nc4c3F)c12. The van der Waals surface area contributed by atoms with Crippen LogP contribution in [0.1, 0.15) is 96.1 Å². The average molecular weight is 1010 g/mol. The molecule has 7 fully saturated rings. The Morgan fingerprint density at radius 3 is 2.36 bits per heavy atom. The van der Waals surface area contributed by atoms with Gasteiger partial charge in [0.15, 0.2) is 5.82 Å². The van der Waals surface area contributed by atoms with Crippen molar-refractivity contribution in [1.82, 2.24) is 35.4 Å². The van der Waals surface area contributed by atoms with E-state index in [9.17, 15) is 19.5 Å². The van der Waals surface area contributed by atoms with Gasteiger partial charge < -0.3 is 29.9 Å². The number of halogens is 1. The molecule has 13 rings (SSSR count). The molecule has 3 amide bonds. The van der Waals surface area contributed by atoms with E-state index in [1.165, 1.54) is 25.7 Å². The monoisotopic (exact) mass is 1000 g/mol. The van der Waals surface area contributed by atoms with Crippen molar-refractivity contribution in [2.24, 2.45) is 16.7 Å². The molecule has 3 aromatic carbocycles. The van der Waals surface area contributed by atoms with E-state index >= 15 is 4.39 Å². The first-order chi connectivity index (χ1) is 35.7. The van der Waals surface area contributed by atoms with Gasteiger partial charge in [0.2, 0.25) is 17.7 Å². The number of aromatic hydroxyl groups is 1. The largest absolute Gasteiger partial charge is 0.508 e. The molecule has 6 aliphatic heterocycles. The van der Waals surface area contributed by atoms with Crippen LogP contribution in [-0.2, 0) is 26.2 Å². The second-order valence-corrected chi connectivity index (χ2v) is 24.0. The van der Waals surface area contributed by atoms with Crippen LogP contribution < -0.4 is 30.1 Å². The number of ether oxygens (including phenoxy) is 1. The van der Waals surface area contributed by atoms with E-state index in [4.69, 9.17) is 19.7 Å². The maximum atomic E-state index is 17.2. The Kier molecular flexibility index (Phi) is 11.7. The Bertz CT molecular complexity index is 3070. The molecule has 1 spiro atoms. The van der Waals surface area contributed by atoms with Gasteiger partial charge >= 0.3 is 6.01 Å². The van der Waals surface area contributed by atoms with Gasteiger partial charge in [-0.25, -0.2) is 4.39 Å². The van der Waals surface area contributed by atoms with Crippen molar-refractivity contribution in [2.45, 2.75) is 115 Å². The number of phenols is 1. The van der Waals surface area contributed by atoms with Crippen molar-refractivity contribution in [3.8, 4) is 23.0 Å². The van der Waals surface area contributed by atoms with Crippen molar-refractivity contribution in [2.75, 3.05) is 86.8 Å². The lowest BCUT2D eigenvalue weighted by molar-refractivity contribution is -0.136. The molecule has 2 saturated carbocycles. The zero-order valence-corrected chi connectivity index (χ0v) is 43.1. The number of fused-ring (bicyclic) bond motifs is 5. The highest BCUT2D eigenvalue weighted by molar-refractivity contribution is 6.14. The summed E-state index contributed by atoms with van der Waals surface area (Å²) in [5, 5.41) is 19.2. The molecule has 15 nitrogen and oxygen atoms in total. The second kappa shape index (κ2) is 18.1. The summed E-state index contributed by atoms with van der Waals surface area (Å²) >= 11 is 0. The van der Waals surface area contributed by atoms with Crippen LogP contribution in [0.2, 0.25) is 0 Å². The lowest BCUT2D eigenvalue weighted by Crippen LogP contribution is -2.55. The van der Waals surface area contributed by atoms with Crippen LogP contribution >= 0.6 is 0 Å². The van der Waals surface area contributed by atoms with Gasteiger partial charge in [-0.15, -0.1) is 0 Å². The van der Waals surface area contributed by atoms with E-state index in [0.29, 0.717) is 47.3 Å². The number of carbonyl (C=O) groups excluding carboxylic acids is 3. The Hall–Kier alpha value is -5.97. The summed E-state index contributed by atoms with van der Waals surface area (Å²) in [7, 11) is 0.